The molecule has 2 N–H and O–H groups in total. The fourth-order valence-corrected chi connectivity index (χ4v) is 3.81. The quantitative estimate of drug-likeness (QED) is 0.841. The summed E-state index contributed by atoms with van der Waals surface area (Å²) in [4.78, 5) is 24.3. The van der Waals surface area contributed by atoms with Crippen LogP contribution < -0.4 is 5.56 Å². The molecule has 0 unspecified atom stereocenters. The molecule has 0 spiro atoms. The van der Waals surface area contributed by atoms with Crippen molar-refractivity contribution in [3.05, 3.63) is 20.7 Å². The molecule has 1 aromatic rings. The van der Waals surface area contributed by atoms with E-state index in [1.807, 2.05) is 0 Å². The van der Waals surface area contributed by atoms with Gasteiger partial charge >= 0.3 is 0 Å². The third-order valence-electron chi connectivity index (χ3n) is 3.71. The first kappa shape index (κ1) is 14.0. The van der Waals surface area contributed by atoms with Crippen molar-refractivity contribution in [2.45, 2.75) is 25.7 Å². The van der Waals surface area contributed by atoms with Crippen LogP contribution >= 0.6 is 24.0 Å². The van der Waals surface area contributed by atoms with Gasteiger partial charge in [0.25, 0.3) is 5.56 Å². The van der Waals surface area contributed by atoms with E-state index in [1.165, 1.54) is 32.4 Å². The van der Waals surface area contributed by atoms with Crippen LogP contribution in [0.25, 0.3) is 0 Å². The Morgan fingerprint density at radius 1 is 1.25 bits per heavy atom. The molecule has 0 aliphatic carbocycles. The molecular formula is C13H18N4OS2. The molecule has 1 fully saturated rings. The summed E-state index contributed by atoms with van der Waals surface area (Å²) in [5.41, 5.74) is 0.596. The molecule has 7 heteroatoms. The van der Waals surface area contributed by atoms with E-state index in [1.54, 1.807) is 11.8 Å². The number of aromatic amines is 2. The number of rotatable bonds is 3. The van der Waals surface area contributed by atoms with Crippen LogP contribution in [-0.2, 0) is 6.42 Å². The minimum atomic E-state index is -0.112. The van der Waals surface area contributed by atoms with Gasteiger partial charge in [0, 0.05) is 18.7 Å². The lowest BCUT2D eigenvalue weighted by Crippen LogP contribution is -2.31. The van der Waals surface area contributed by atoms with Gasteiger partial charge in [0.2, 0.25) is 0 Å². The number of nitrogens with zero attached hydrogens (tertiary/aromatic N) is 2. The maximum absolute atomic E-state index is 11.8. The molecule has 0 radical (unpaired) electrons. The minimum absolute atomic E-state index is 0.112. The topological polar surface area (TPSA) is 64.2 Å². The van der Waals surface area contributed by atoms with Crippen LogP contribution in [0.1, 0.15) is 24.8 Å². The van der Waals surface area contributed by atoms with Gasteiger partial charge in [-0.05, 0) is 38.1 Å². The fourth-order valence-electron chi connectivity index (χ4n) is 2.63. The molecule has 2 aliphatic heterocycles. The predicted molar refractivity (Wildman–Crippen MR) is 85.8 cm³/mol. The van der Waals surface area contributed by atoms with E-state index in [0.717, 1.165) is 17.3 Å². The zero-order chi connectivity index (χ0) is 13.9. The molecule has 0 atom stereocenters. The summed E-state index contributed by atoms with van der Waals surface area (Å²) in [6, 6.07) is 0. The Balaban J connectivity index is 1.55. The highest BCUT2D eigenvalue weighted by Crippen LogP contribution is 2.25. The number of H-pyrrole nitrogens is 2. The van der Waals surface area contributed by atoms with Gasteiger partial charge in [-0.15, -0.1) is 11.8 Å². The number of fused-ring (bicyclic) bond motifs is 1. The van der Waals surface area contributed by atoms with Crippen LogP contribution in [0.5, 0.6) is 0 Å². The van der Waals surface area contributed by atoms with Crippen molar-refractivity contribution in [2.75, 3.05) is 25.4 Å². The first-order valence-electron chi connectivity index (χ1n) is 7.00. The summed E-state index contributed by atoms with van der Waals surface area (Å²) >= 11 is 6.71. The van der Waals surface area contributed by atoms with Crippen LogP contribution in [0.15, 0.2) is 9.79 Å². The van der Waals surface area contributed by atoms with E-state index in [9.17, 15) is 4.79 Å². The smallest absolute Gasteiger partial charge is 0.257 e. The van der Waals surface area contributed by atoms with E-state index in [0.29, 0.717) is 22.6 Å². The molecule has 0 aromatic carbocycles. The maximum atomic E-state index is 11.8. The number of piperidine rings is 1. The van der Waals surface area contributed by atoms with Gasteiger partial charge < -0.3 is 9.88 Å². The molecule has 0 bridgehead atoms. The van der Waals surface area contributed by atoms with Crippen LogP contribution in [0.4, 0.5) is 5.82 Å². The first-order valence-corrected chi connectivity index (χ1v) is 8.40. The molecule has 3 heterocycles. The number of likely N-dealkylation sites (tertiary alicyclic amines) is 1. The van der Waals surface area contributed by atoms with Gasteiger partial charge in [0.1, 0.15) is 5.82 Å². The zero-order valence-electron chi connectivity index (χ0n) is 11.3. The van der Waals surface area contributed by atoms with Gasteiger partial charge in [-0.2, -0.15) is 0 Å². The third kappa shape index (κ3) is 3.21. The Morgan fingerprint density at radius 2 is 2.05 bits per heavy atom. The van der Waals surface area contributed by atoms with Gasteiger partial charge in [-0.3, -0.25) is 9.78 Å². The highest BCUT2D eigenvalue weighted by atomic mass is 32.2. The lowest BCUT2D eigenvalue weighted by molar-refractivity contribution is 0.242. The van der Waals surface area contributed by atoms with Crippen molar-refractivity contribution in [2.24, 2.45) is 4.99 Å². The van der Waals surface area contributed by atoms with Crippen LogP contribution in [-0.4, -0.2) is 45.3 Å². The van der Waals surface area contributed by atoms with E-state index < -0.39 is 0 Å². The summed E-state index contributed by atoms with van der Waals surface area (Å²) in [7, 11) is 0. The van der Waals surface area contributed by atoms with Crippen molar-refractivity contribution >= 4 is 34.8 Å². The Morgan fingerprint density at radius 3 is 2.85 bits per heavy atom. The van der Waals surface area contributed by atoms with Crippen molar-refractivity contribution in [1.29, 1.82) is 0 Å². The number of nitrogens with one attached hydrogen (secondary N) is 2. The molecule has 2 aliphatic rings. The molecule has 5 nitrogen and oxygen atoms in total. The Kier molecular flexibility index (Phi) is 4.38. The summed E-state index contributed by atoms with van der Waals surface area (Å²) in [5, 5.41) is 1.01. The fraction of sp³-hybridized carbons (Fsp3) is 0.615. The van der Waals surface area contributed by atoms with Gasteiger partial charge in [-0.25, -0.2) is 4.99 Å². The van der Waals surface area contributed by atoms with Crippen molar-refractivity contribution in [3.8, 4) is 0 Å². The van der Waals surface area contributed by atoms with Crippen molar-refractivity contribution in [3.63, 3.8) is 0 Å². The van der Waals surface area contributed by atoms with Crippen molar-refractivity contribution in [1.82, 2.24) is 14.9 Å². The standard InChI is InChI=1S/C13H18N4OS2/c18-12-9-8-10(14-11(9)15-13(19)16-12)20-7-6-17-4-2-1-3-5-17/h1-8H2,(H2,15,16,18,19). The highest BCUT2D eigenvalue weighted by molar-refractivity contribution is 8.14. The summed E-state index contributed by atoms with van der Waals surface area (Å²) in [6.45, 7) is 3.55. The van der Waals surface area contributed by atoms with Gasteiger partial charge in [0.15, 0.2) is 4.77 Å². The van der Waals surface area contributed by atoms with Crippen LogP contribution in [0, 0.1) is 4.77 Å². The Bertz CT molecular complexity index is 628. The molecule has 108 valence electrons. The largest absolute Gasteiger partial charge is 0.317 e. The maximum Gasteiger partial charge on any atom is 0.257 e. The Hall–Kier alpha value is -0.920. The van der Waals surface area contributed by atoms with Crippen molar-refractivity contribution < 1.29 is 0 Å². The second-order valence-corrected chi connectivity index (χ2v) is 6.74. The normalized spacial score (nSPS) is 18.9. The molecule has 1 aromatic heterocycles. The summed E-state index contributed by atoms with van der Waals surface area (Å²) in [6.07, 6.45) is 4.64. The minimum Gasteiger partial charge on any atom is -0.317 e. The molecule has 0 amide bonds. The lowest BCUT2D eigenvalue weighted by atomic mass is 10.1. The number of hydrogen-bond donors (Lipinski definition) is 2. The molecule has 3 rings (SSSR count). The average molecular weight is 310 g/mol. The second kappa shape index (κ2) is 6.24. The van der Waals surface area contributed by atoms with Crippen LogP contribution in [0.3, 0.4) is 0 Å². The van der Waals surface area contributed by atoms with Gasteiger partial charge in [0.05, 0.1) is 10.6 Å². The third-order valence-corrected chi connectivity index (χ3v) is 4.87. The number of hydrogen-bond acceptors (Lipinski definition) is 5. The predicted octanol–water partition coefficient (Wildman–Crippen LogP) is 2.24. The zero-order valence-corrected chi connectivity index (χ0v) is 12.9. The highest BCUT2D eigenvalue weighted by Gasteiger charge is 2.19. The van der Waals surface area contributed by atoms with Crippen LogP contribution in [0.2, 0.25) is 0 Å². The summed E-state index contributed by atoms with van der Waals surface area (Å²) in [5.74, 6) is 1.67. The Labute approximate surface area is 126 Å². The second-order valence-electron chi connectivity index (χ2n) is 5.17. The molecule has 0 saturated carbocycles. The lowest BCUT2D eigenvalue weighted by Gasteiger charge is -2.25. The number of aliphatic imine (C=N–C) groups is 1. The monoisotopic (exact) mass is 310 g/mol. The molecule has 1 saturated heterocycles. The number of aromatic nitrogens is 2. The van der Waals surface area contributed by atoms with E-state index >= 15 is 0 Å². The number of thioether (sulfide) groups is 1. The van der Waals surface area contributed by atoms with E-state index in [-0.39, 0.29) is 5.56 Å². The van der Waals surface area contributed by atoms with E-state index in [2.05, 4.69) is 19.9 Å². The average Bonchev–Trinajstić information content (AvgIpc) is 2.83. The summed E-state index contributed by atoms with van der Waals surface area (Å²) < 4.78 is 0.345. The van der Waals surface area contributed by atoms with Gasteiger partial charge in [-0.1, -0.05) is 6.42 Å². The van der Waals surface area contributed by atoms with E-state index in [4.69, 9.17) is 12.2 Å². The molecule has 20 heavy (non-hydrogen) atoms. The SMILES string of the molecule is O=c1[nH]c(=S)[nH]c2c1CC(SCCN1CCCCC1)=N2. The first-order chi connectivity index (χ1) is 9.72. The molecular weight excluding hydrogens is 292 g/mol.